The van der Waals surface area contributed by atoms with Crippen molar-refractivity contribution in [2.75, 3.05) is 5.33 Å². The van der Waals surface area contributed by atoms with E-state index < -0.39 is 18.1 Å². The van der Waals surface area contributed by atoms with Crippen molar-refractivity contribution in [3.05, 3.63) is 29.3 Å². The minimum Gasteiger partial charge on any atom is -0.507 e. The van der Waals surface area contributed by atoms with Crippen LogP contribution in [0.5, 0.6) is 5.75 Å². The van der Waals surface area contributed by atoms with Gasteiger partial charge in [-0.25, -0.2) is 0 Å². The lowest BCUT2D eigenvalue weighted by Gasteiger charge is -2.17. The number of aliphatic hydroxyl groups excluding tert-OH is 2. The summed E-state index contributed by atoms with van der Waals surface area (Å²) in [5, 5.41) is 29.3. The number of aromatic hydroxyl groups is 1. The van der Waals surface area contributed by atoms with Gasteiger partial charge in [-0.3, -0.25) is 4.79 Å². The van der Waals surface area contributed by atoms with Gasteiger partial charge in [0.25, 0.3) is 5.91 Å². The van der Waals surface area contributed by atoms with Crippen molar-refractivity contribution >= 4 is 21.8 Å². The van der Waals surface area contributed by atoms with Gasteiger partial charge in [-0.15, -0.1) is 0 Å². The number of aliphatic hydroxyl groups is 2. The van der Waals surface area contributed by atoms with Crippen molar-refractivity contribution in [2.45, 2.75) is 18.6 Å². The lowest BCUT2D eigenvalue weighted by molar-refractivity contribution is 0.0173. The van der Waals surface area contributed by atoms with Crippen molar-refractivity contribution < 1.29 is 20.1 Å². The molecule has 0 saturated carbocycles. The number of carbonyl (C=O) groups is 1. The number of hydrogen-bond acceptors (Lipinski definition) is 4. The topological polar surface area (TPSA) is 104 Å². The highest BCUT2D eigenvalue weighted by molar-refractivity contribution is 9.09. The molecule has 0 radical (unpaired) electrons. The van der Waals surface area contributed by atoms with E-state index in [1.807, 2.05) is 0 Å². The second-order valence-electron chi connectivity index (χ2n) is 3.63. The molecule has 0 aliphatic heterocycles. The predicted molar refractivity (Wildman–Crippen MR) is 66.0 cm³/mol. The summed E-state index contributed by atoms with van der Waals surface area (Å²) in [6.07, 6.45) is -1.69. The molecule has 5 N–H and O–H groups in total. The summed E-state index contributed by atoms with van der Waals surface area (Å²) in [6, 6.07) is 3.98. The third-order valence-electron chi connectivity index (χ3n) is 2.40. The van der Waals surface area contributed by atoms with Crippen LogP contribution in [0.3, 0.4) is 0 Å². The Morgan fingerprint density at radius 1 is 1.41 bits per heavy atom. The quantitative estimate of drug-likeness (QED) is 0.600. The number of phenols is 1. The van der Waals surface area contributed by atoms with Gasteiger partial charge in [0, 0.05) is 5.33 Å². The molecule has 1 aromatic rings. The molecule has 17 heavy (non-hydrogen) atoms. The first-order valence-electron chi connectivity index (χ1n) is 5.02. The van der Waals surface area contributed by atoms with Crippen LogP contribution in [0.2, 0.25) is 0 Å². The maximum Gasteiger partial charge on any atom is 0.252 e. The van der Waals surface area contributed by atoms with Crippen LogP contribution in [-0.4, -0.2) is 32.7 Å². The van der Waals surface area contributed by atoms with Crippen LogP contribution in [0.15, 0.2) is 18.2 Å². The lowest BCUT2D eigenvalue weighted by Crippen LogP contribution is -2.19. The first-order valence-corrected chi connectivity index (χ1v) is 6.14. The van der Waals surface area contributed by atoms with E-state index in [4.69, 9.17) is 5.73 Å². The van der Waals surface area contributed by atoms with Gasteiger partial charge in [0.15, 0.2) is 0 Å². The summed E-state index contributed by atoms with van der Waals surface area (Å²) < 4.78 is 0. The molecule has 0 heterocycles. The Morgan fingerprint density at radius 2 is 2.06 bits per heavy atom. The zero-order valence-corrected chi connectivity index (χ0v) is 10.6. The Morgan fingerprint density at radius 3 is 2.59 bits per heavy atom. The van der Waals surface area contributed by atoms with Gasteiger partial charge >= 0.3 is 0 Å². The Kier molecular flexibility index (Phi) is 4.92. The van der Waals surface area contributed by atoms with Crippen LogP contribution < -0.4 is 5.73 Å². The van der Waals surface area contributed by atoms with Crippen LogP contribution in [0, 0.1) is 0 Å². The van der Waals surface area contributed by atoms with E-state index >= 15 is 0 Å². The average Bonchev–Trinajstić information content (AvgIpc) is 2.28. The van der Waals surface area contributed by atoms with Crippen molar-refractivity contribution in [2.24, 2.45) is 5.73 Å². The number of alkyl halides is 1. The summed E-state index contributed by atoms with van der Waals surface area (Å²) in [6.45, 7) is 0. The molecule has 2 atom stereocenters. The SMILES string of the molecule is NC(=O)c1cc(C(O)C(O)CCBr)ccc1O. The third-order valence-corrected chi connectivity index (χ3v) is 2.85. The highest BCUT2D eigenvalue weighted by Gasteiger charge is 2.19. The molecule has 0 bridgehead atoms. The smallest absolute Gasteiger partial charge is 0.252 e. The highest BCUT2D eigenvalue weighted by Crippen LogP contribution is 2.25. The van der Waals surface area contributed by atoms with Crippen LogP contribution in [-0.2, 0) is 0 Å². The van der Waals surface area contributed by atoms with Crippen molar-refractivity contribution in [3.8, 4) is 5.75 Å². The normalized spacial score (nSPS) is 14.3. The number of nitrogens with two attached hydrogens (primary N) is 1. The summed E-state index contributed by atoms with van der Waals surface area (Å²) >= 11 is 3.15. The van der Waals surface area contributed by atoms with Crippen molar-refractivity contribution in [1.82, 2.24) is 0 Å². The highest BCUT2D eigenvalue weighted by atomic mass is 79.9. The van der Waals surface area contributed by atoms with Gasteiger partial charge < -0.3 is 21.1 Å². The maximum atomic E-state index is 11.0. The molecule has 0 aliphatic carbocycles. The number of benzene rings is 1. The zero-order chi connectivity index (χ0) is 13.0. The van der Waals surface area contributed by atoms with E-state index in [-0.39, 0.29) is 11.3 Å². The largest absolute Gasteiger partial charge is 0.507 e. The number of amides is 1. The number of halogens is 1. The van der Waals surface area contributed by atoms with Crippen LogP contribution in [0.1, 0.15) is 28.4 Å². The number of rotatable bonds is 5. The fourth-order valence-corrected chi connectivity index (χ4v) is 1.90. The van der Waals surface area contributed by atoms with Gasteiger partial charge in [0.05, 0.1) is 11.7 Å². The monoisotopic (exact) mass is 303 g/mol. The second kappa shape index (κ2) is 6.00. The Balaban J connectivity index is 2.99. The molecule has 0 aliphatic rings. The fraction of sp³-hybridized carbons (Fsp3) is 0.364. The van der Waals surface area contributed by atoms with Crippen LogP contribution in [0.25, 0.3) is 0 Å². The summed E-state index contributed by atoms with van der Waals surface area (Å²) in [5.74, 6) is -1.03. The Labute approximate surface area is 107 Å². The second-order valence-corrected chi connectivity index (χ2v) is 4.42. The lowest BCUT2D eigenvalue weighted by atomic mass is 10.00. The molecule has 0 spiro atoms. The molecule has 5 nitrogen and oxygen atoms in total. The summed E-state index contributed by atoms with van der Waals surface area (Å²) in [7, 11) is 0. The van der Waals surface area contributed by atoms with Gasteiger partial charge in [0.2, 0.25) is 0 Å². The van der Waals surface area contributed by atoms with E-state index in [9.17, 15) is 20.1 Å². The minimum atomic E-state index is -1.12. The van der Waals surface area contributed by atoms with Gasteiger partial charge in [-0.05, 0) is 24.1 Å². The number of carbonyl (C=O) groups excluding carboxylic acids is 1. The van der Waals surface area contributed by atoms with E-state index in [0.717, 1.165) is 0 Å². The van der Waals surface area contributed by atoms with Crippen LogP contribution >= 0.6 is 15.9 Å². The third kappa shape index (κ3) is 3.42. The maximum absolute atomic E-state index is 11.0. The predicted octanol–water partition coefficient (Wildman–Crippen LogP) is 0.670. The molecule has 0 saturated heterocycles. The summed E-state index contributed by atoms with van der Waals surface area (Å²) in [4.78, 5) is 11.0. The molecule has 1 aromatic carbocycles. The first kappa shape index (κ1) is 14.0. The fourth-order valence-electron chi connectivity index (χ4n) is 1.43. The van der Waals surface area contributed by atoms with Crippen LogP contribution in [0.4, 0.5) is 0 Å². The molecule has 2 unspecified atom stereocenters. The molecule has 1 amide bonds. The Bertz CT molecular complexity index is 410. The van der Waals surface area contributed by atoms with E-state index in [1.165, 1.54) is 18.2 Å². The molecular weight excluding hydrogens is 290 g/mol. The molecule has 0 fully saturated rings. The Hall–Kier alpha value is -1.11. The van der Waals surface area contributed by atoms with Gasteiger partial charge in [-0.1, -0.05) is 22.0 Å². The van der Waals surface area contributed by atoms with Gasteiger partial charge in [-0.2, -0.15) is 0 Å². The van der Waals surface area contributed by atoms with Crippen molar-refractivity contribution in [3.63, 3.8) is 0 Å². The zero-order valence-electron chi connectivity index (χ0n) is 9.01. The molecule has 0 aromatic heterocycles. The van der Waals surface area contributed by atoms with Gasteiger partial charge in [0.1, 0.15) is 11.9 Å². The molecule has 94 valence electrons. The summed E-state index contributed by atoms with van der Waals surface area (Å²) in [5.41, 5.74) is 5.33. The number of hydrogen-bond donors (Lipinski definition) is 4. The van der Waals surface area contributed by atoms with E-state index in [0.29, 0.717) is 17.3 Å². The molecule has 6 heteroatoms. The minimum absolute atomic E-state index is 0.0763. The average molecular weight is 304 g/mol. The van der Waals surface area contributed by atoms with E-state index in [2.05, 4.69) is 15.9 Å². The van der Waals surface area contributed by atoms with Crippen molar-refractivity contribution in [1.29, 1.82) is 0 Å². The molecular formula is C11H14BrNO4. The number of primary amides is 1. The first-order chi connectivity index (χ1) is 7.97. The standard InChI is InChI=1S/C11H14BrNO4/c12-4-3-9(15)10(16)6-1-2-8(14)7(5-6)11(13)17/h1-2,5,9-10,14-16H,3-4H2,(H2,13,17). The molecule has 1 rings (SSSR count). The van der Waals surface area contributed by atoms with E-state index in [1.54, 1.807) is 0 Å².